The molecule has 2 aromatic carbocycles. The number of benzene rings is 2. The van der Waals surface area contributed by atoms with Crippen molar-refractivity contribution in [3.05, 3.63) is 76.9 Å². The van der Waals surface area contributed by atoms with Crippen LogP contribution in [0.25, 0.3) is 5.70 Å². The number of nitrogens with one attached hydrogen (secondary N) is 2. The zero-order valence-electron chi connectivity index (χ0n) is 10.9. The molecule has 0 bridgehead atoms. The van der Waals surface area contributed by atoms with Crippen LogP contribution in [0.2, 0.25) is 0 Å². The van der Waals surface area contributed by atoms with Crippen LogP contribution in [0.15, 0.2) is 60.2 Å². The molecule has 1 atom stereocenters. The van der Waals surface area contributed by atoms with E-state index in [1.54, 1.807) is 0 Å². The molecule has 0 fully saturated rings. The summed E-state index contributed by atoms with van der Waals surface area (Å²) in [6.45, 7) is 0. The van der Waals surface area contributed by atoms with Crippen molar-refractivity contribution >= 4 is 23.0 Å². The lowest BCUT2D eigenvalue weighted by Gasteiger charge is -2.29. The van der Waals surface area contributed by atoms with E-state index in [2.05, 4.69) is 59.2 Å². The van der Waals surface area contributed by atoms with E-state index >= 15 is 0 Å². The van der Waals surface area contributed by atoms with Crippen LogP contribution in [-0.4, -0.2) is 5.11 Å². The van der Waals surface area contributed by atoms with E-state index in [0.717, 1.165) is 6.42 Å². The summed E-state index contributed by atoms with van der Waals surface area (Å²) < 4.78 is 0. The van der Waals surface area contributed by atoms with Crippen LogP contribution in [0.5, 0.6) is 0 Å². The predicted molar refractivity (Wildman–Crippen MR) is 85.1 cm³/mol. The second-order valence-corrected chi connectivity index (χ2v) is 5.58. The maximum Gasteiger partial charge on any atom is 0.171 e. The van der Waals surface area contributed by atoms with Gasteiger partial charge in [-0.3, -0.25) is 0 Å². The number of hydrogen-bond donors (Lipinski definition) is 2. The highest BCUT2D eigenvalue weighted by Gasteiger charge is 2.32. The Morgan fingerprint density at radius 1 is 0.950 bits per heavy atom. The fourth-order valence-electron chi connectivity index (χ4n) is 3.08. The molecule has 98 valence electrons. The van der Waals surface area contributed by atoms with Crippen molar-refractivity contribution in [1.82, 2.24) is 10.6 Å². The first-order chi connectivity index (χ1) is 9.83. The van der Waals surface area contributed by atoms with Gasteiger partial charge in [0.25, 0.3) is 0 Å². The molecule has 0 aromatic heterocycles. The molecule has 4 rings (SSSR count). The lowest BCUT2D eigenvalue weighted by atomic mass is 9.95. The second kappa shape index (κ2) is 4.46. The summed E-state index contributed by atoms with van der Waals surface area (Å²) in [6.07, 6.45) is 0.980. The highest BCUT2D eigenvalue weighted by molar-refractivity contribution is 7.80. The summed E-state index contributed by atoms with van der Waals surface area (Å²) in [7, 11) is 0. The lowest BCUT2D eigenvalue weighted by molar-refractivity contribution is 0.708. The van der Waals surface area contributed by atoms with Crippen LogP contribution in [0.3, 0.4) is 0 Å². The zero-order valence-corrected chi connectivity index (χ0v) is 11.7. The van der Waals surface area contributed by atoms with Gasteiger partial charge in [-0.15, -0.1) is 0 Å². The molecule has 1 heterocycles. The summed E-state index contributed by atoms with van der Waals surface area (Å²) in [6, 6.07) is 19.2. The van der Waals surface area contributed by atoms with Crippen molar-refractivity contribution < 1.29 is 0 Å². The fraction of sp³-hybridized carbons (Fsp3) is 0.118. The van der Waals surface area contributed by atoms with Crippen LogP contribution in [0.1, 0.15) is 22.7 Å². The summed E-state index contributed by atoms with van der Waals surface area (Å²) in [5, 5.41) is 7.44. The Bertz CT molecular complexity index is 719. The van der Waals surface area contributed by atoms with E-state index < -0.39 is 0 Å². The largest absolute Gasteiger partial charge is 0.352 e. The second-order valence-electron chi connectivity index (χ2n) is 5.18. The maximum absolute atomic E-state index is 5.38. The van der Waals surface area contributed by atoms with Gasteiger partial charge in [-0.25, -0.2) is 0 Å². The number of hydrogen-bond acceptors (Lipinski definition) is 1. The Kier molecular flexibility index (Phi) is 2.60. The van der Waals surface area contributed by atoms with Crippen molar-refractivity contribution in [2.45, 2.75) is 12.5 Å². The number of rotatable bonds is 1. The molecule has 0 radical (unpaired) electrons. The molecule has 0 spiro atoms. The molecule has 2 aromatic rings. The smallest absolute Gasteiger partial charge is 0.171 e. The molecule has 20 heavy (non-hydrogen) atoms. The monoisotopic (exact) mass is 278 g/mol. The van der Waals surface area contributed by atoms with E-state index in [1.165, 1.54) is 28.0 Å². The number of fused-ring (bicyclic) bond motifs is 2. The Morgan fingerprint density at radius 2 is 1.70 bits per heavy atom. The Balaban J connectivity index is 1.84. The van der Waals surface area contributed by atoms with Crippen LogP contribution >= 0.6 is 12.2 Å². The van der Waals surface area contributed by atoms with E-state index in [1.807, 2.05) is 6.07 Å². The van der Waals surface area contributed by atoms with Crippen molar-refractivity contribution in [2.24, 2.45) is 0 Å². The third-order valence-corrected chi connectivity index (χ3v) is 4.20. The van der Waals surface area contributed by atoms with Gasteiger partial charge in [-0.05, 0) is 35.3 Å². The van der Waals surface area contributed by atoms with E-state index in [0.29, 0.717) is 5.11 Å². The highest BCUT2D eigenvalue weighted by atomic mass is 32.1. The summed E-state index contributed by atoms with van der Waals surface area (Å²) in [5.41, 5.74) is 6.49. The van der Waals surface area contributed by atoms with Crippen LogP contribution in [0, 0.1) is 0 Å². The van der Waals surface area contributed by atoms with Gasteiger partial charge in [0.2, 0.25) is 0 Å². The molecule has 3 heteroatoms. The summed E-state index contributed by atoms with van der Waals surface area (Å²) in [4.78, 5) is 0. The van der Waals surface area contributed by atoms with Crippen LogP contribution in [0.4, 0.5) is 0 Å². The lowest BCUT2D eigenvalue weighted by Crippen LogP contribution is -2.42. The third-order valence-electron chi connectivity index (χ3n) is 3.98. The quantitative estimate of drug-likeness (QED) is 0.784. The minimum Gasteiger partial charge on any atom is -0.352 e. The van der Waals surface area contributed by atoms with Gasteiger partial charge in [0, 0.05) is 11.3 Å². The number of thiocarbonyl (C=S) groups is 1. The van der Waals surface area contributed by atoms with Crippen LogP contribution in [-0.2, 0) is 6.42 Å². The highest BCUT2D eigenvalue weighted by Crippen LogP contribution is 2.39. The van der Waals surface area contributed by atoms with Gasteiger partial charge >= 0.3 is 0 Å². The van der Waals surface area contributed by atoms with Crippen molar-refractivity contribution in [3.8, 4) is 0 Å². The van der Waals surface area contributed by atoms with E-state index in [-0.39, 0.29) is 6.04 Å². The molecular formula is C17H14N2S. The first-order valence-corrected chi connectivity index (χ1v) is 7.17. The van der Waals surface area contributed by atoms with Crippen molar-refractivity contribution in [1.29, 1.82) is 0 Å². The molecular weight excluding hydrogens is 264 g/mol. The topological polar surface area (TPSA) is 24.1 Å². The molecule has 2 N–H and O–H groups in total. The van der Waals surface area contributed by atoms with Gasteiger partial charge in [0.05, 0.1) is 6.04 Å². The maximum atomic E-state index is 5.38. The normalized spacial score (nSPS) is 20.0. The van der Waals surface area contributed by atoms with Gasteiger partial charge < -0.3 is 10.6 Å². The molecule has 2 aliphatic rings. The Hall–Kier alpha value is -2.13. The SMILES string of the molecule is S=C1NC2=C(Cc3ccccc32)C(c2ccccc2)N1. The molecule has 0 saturated carbocycles. The first kappa shape index (κ1) is 11.7. The Morgan fingerprint density at radius 3 is 2.55 bits per heavy atom. The zero-order chi connectivity index (χ0) is 13.5. The summed E-state index contributed by atoms with van der Waals surface area (Å²) in [5.74, 6) is 0. The average molecular weight is 278 g/mol. The van der Waals surface area contributed by atoms with Gasteiger partial charge in [0.15, 0.2) is 5.11 Å². The average Bonchev–Trinajstić information content (AvgIpc) is 2.86. The third kappa shape index (κ3) is 1.74. The standard InChI is InChI=1S/C17H14N2S/c20-17-18-15(11-6-2-1-3-7-11)14-10-12-8-4-5-9-13(12)16(14)19-17/h1-9,15H,10H2,(H2,18,19,20). The van der Waals surface area contributed by atoms with Gasteiger partial charge in [-0.1, -0.05) is 54.6 Å². The van der Waals surface area contributed by atoms with Gasteiger partial charge in [0.1, 0.15) is 0 Å². The van der Waals surface area contributed by atoms with Crippen molar-refractivity contribution in [2.75, 3.05) is 0 Å². The fourth-order valence-corrected chi connectivity index (χ4v) is 3.30. The first-order valence-electron chi connectivity index (χ1n) is 6.77. The molecule has 0 saturated heterocycles. The predicted octanol–water partition coefficient (Wildman–Crippen LogP) is 3.17. The molecule has 1 unspecified atom stereocenters. The minimum absolute atomic E-state index is 0.173. The van der Waals surface area contributed by atoms with E-state index in [4.69, 9.17) is 12.2 Å². The van der Waals surface area contributed by atoms with Gasteiger partial charge in [-0.2, -0.15) is 0 Å². The molecule has 2 nitrogen and oxygen atoms in total. The molecule has 1 aliphatic heterocycles. The van der Waals surface area contributed by atoms with Crippen LogP contribution < -0.4 is 10.6 Å². The minimum atomic E-state index is 0.173. The Labute approximate surface area is 123 Å². The van der Waals surface area contributed by atoms with Crippen molar-refractivity contribution in [3.63, 3.8) is 0 Å². The summed E-state index contributed by atoms with van der Waals surface area (Å²) >= 11 is 5.38. The molecule has 0 amide bonds. The molecule has 1 aliphatic carbocycles. The van der Waals surface area contributed by atoms with E-state index in [9.17, 15) is 0 Å².